The number of carbonyl (C=O) groups excluding carboxylic acids is 1. The van der Waals surface area contributed by atoms with E-state index in [2.05, 4.69) is 19.1 Å². The number of aryl methyl sites for hydroxylation is 1. The molecule has 0 saturated carbocycles. The lowest BCUT2D eigenvalue weighted by molar-refractivity contribution is -0.129. The average Bonchev–Trinajstić information content (AvgIpc) is 2.78. The molecule has 2 atom stereocenters. The molecule has 1 saturated heterocycles. The maximum Gasteiger partial charge on any atom is 0.223 e. The standard InChI is InChI=1S/C15H21NO2/c1-12(7-8-13-5-3-2-4-6-13)16-10-14(11-17)9-15(16)18/h2-6,12,14,17H,7-11H2,1H3. The number of hydrogen-bond acceptors (Lipinski definition) is 2. The fraction of sp³-hybridized carbons (Fsp3) is 0.533. The Morgan fingerprint density at radius 3 is 2.72 bits per heavy atom. The highest BCUT2D eigenvalue weighted by Gasteiger charge is 2.31. The zero-order chi connectivity index (χ0) is 13.0. The van der Waals surface area contributed by atoms with Crippen molar-refractivity contribution < 1.29 is 9.90 Å². The molecule has 0 aromatic heterocycles. The molecule has 98 valence electrons. The smallest absolute Gasteiger partial charge is 0.223 e. The molecule has 1 aromatic rings. The van der Waals surface area contributed by atoms with Crippen molar-refractivity contribution in [2.24, 2.45) is 5.92 Å². The molecule has 1 fully saturated rings. The molecule has 18 heavy (non-hydrogen) atoms. The first kappa shape index (κ1) is 13.1. The summed E-state index contributed by atoms with van der Waals surface area (Å²) in [6.45, 7) is 2.93. The summed E-state index contributed by atoms with van der Waals surface area (Å²) in [5, 5.41) is 9.11. The monoisotopic (exact) mass is 247 g/mol. The predicted molar refractivity (Wildman–Crippen MR) is 71.1 cm³/mol. The summed E-state index contributed by atoms with van der Waals surface area (Å²) in [5.41, 5.74) is 1.31. The topological polar surface area (TPSA) is 40.5 Å². The quantitative estimate of drug-likeness (QED) is 0.862. The molecule has 0 bridgehead atoms. The van der Waals surface area contributed by atoms with Gasteiger partial charge in [0, 0.05) is 31.5 Å². The van der Waals surface area contributed by atoms with E-state index in [4.69, 9.17) is 5.11 Å². The molecular formula is C15H21NO2. The second kappa shape index (κ2) is 6.01. The summed E-state index contributed by atoms with van der Waals surface area (Å²) in [7, 11) is 0. The third-order valence-corrected chi connectivity index (χ3v) is 3.72. The Kier molecular flexibility index (Phi) is 4.37. The molecule has 1 aliphatic heterocycles. The molecule has 3 nitrogen and oxygen atoms in total. The zero-order valence-corrected chi connectivity index (χ0v) is 10.9. The number of hydrogen-bond donors (Lipinski definition) is 1. The summed E-state index contributed by atoms with van der Waals surface area (Å²) >= 11 is 0. The minimum Gasteiger partial charge on any atom is -0.396 e. The van der Waals surface area contributed by atoms with E-state index >= 15 is 0 Å². The lowest BCUT2D eigenvalue weighted by Gasteiger charge is -2.24. The SMILES string of the molecule is CC(CCc1ccccc1)N1CC(CO)CC1=O. The van der Waals surface area contributed by atoms with Crippen LogP contribution in [0.15, 0.2) is 30.3 Å². The lowest BCUT2D eigenvalue weighted by atomic mass is 10.1. The number of amides is 1. The van der Waals surface area contributed by atoms with Crippen LogP contribution in [-0.4, -0.2) is 35.1 Å². The van der Waals surface area contributed by atoms with E-state index in [1.807, 2.05) is 23.1 Å². The van der Waals surface area contributed by atoms with Crippen LogP contribution < -0.4 is 0 Å². The van der Waals surface area contributed by atoms with Crippen LogP contribution in [0.1, 0.15) is 25.3 Å². The molecule has 1 N–H and O–H groups in total. The molecule has 3 heteroatoms. The summed E-state index contributed by atoms with van der Waals surface area (Å²) in [6.07, 6.45) is 2.48. The highest BCUT2D eigenvalue weighted by molar-refractivity contribution is 5.78. The van der Waals surface area contributed by atoms with Gasteiger partial charge in [-0.3, -0.25) is 4.79 Å². The molecule has 1 aromatic carbocycles. The molecule has 1 heterocycles. The van der Waals surface area contributed by atoms with E-state index in [0.29, 0.717) is 13.0 Å². The van der Waals surface area contributed by atoms with E-state index in [-0.39, 0.29) is 24.5 Å². The fourth-order valence-corrected chi connectivity index (χ4v) is 2.53. The molecule has 0 aliphatic carbocycles. The summed E-state index contributed by atoms with van der Waals surface area (Å²) in [6, 6.07) is 10.6. The maximum absolute atomic E-state index is 11.8. The van der Waals surface area contributed by atoms with Gasteiger partial charge < -0.3 is 10.0 Å². The third-order valence-electron chi connectivity index (χ3n) is 3.72. The average molecular weight is 247 g/mol. The Balaban J connectivity index is 1.85. The number of carbonyl (C=O) groups is 1. The fourth-order valence-electron chi connectivity index (χ4n) is 2.53. The number of rotatable bonds is 5. The Hall–Kier alpha value is -1.35. The molecular weight excluding hydrogens is 226 g/mol. The molecule has 2 unspecified atom stereocenters. The number of benzene rings is 1. The van der Waals surface area contributed by atoms with Crippen LogP contribution in [0.2, 0.25) is 0 Å². The van der Waals surface area contributed by atoms with Crippen LogP contribution >= 0.6 is 0 Å². The van der Waals surface area contributed by atoms with Gasteiger partial charge >= 0.3 is 0 Å². The van der Waals surface area contributed by atoms with Gasteiger partial charge in [0.25, 0.3) is 0 Å². The van der Waals surface area contributed by atoms with E-state index in [1.165, 1.54) is 5.56 Å². The summed E-state index contributed by atoms with van der Waals surface area (Å²) in [4.78, 5) is 13.7. The van der Waals surface area contributed by atoms with Crippen LogP contribution in [0.4, 0.5) is 0 Å². The number of aliphatic hydroxyl groups excluding tert-OH is 1. The van der Waals surface area contributed by atoms with Crippen molar-refractivity contribution >= 4 is 5.91 Å². The van der Waals surface area contributed by atoms with Gasteiger partial charge in [-0.25, -0.2) is 0 Å². The largest absolute Gasteiger partial charge is 0.396 e. The highest BCUT2D eigenvalue weighted by Crippen LogP contribution is 2.21. The van der Waals surface area contributed by atoms with Gasteiger partial charge in [0.1, 0.15) is 0 Å². The van der Waals surface area contributed by atoms with Gasteiger partial charge in [0.2, 0.25) is 5.91 Å². The van der Waals surface area contributed by atoms with Gasteiger partial charge in [-0.05, 0) is 25.3 Å². The van der Waals surface area contributed by atoms with Crippen molar-refractivity contribution in [3.05, 3.63) is 35.9 Å². The maximum atomic E-state index is 11.8. The Labute approximate surface area is 108 Å². The number of nitrogens with zero attached hydrogens (tertiary/aromatic N) is 1. The first-order valence-electron chi connectivity index (χ1n) is 6.65. The van der Waals surface area contributed by atoms with Gasteiger partial charge in [-0.1, -0.05) is 30.3 Å². The zero-order valence-electron chi connectivity index (χ0n) is 10.9. The first-order chi connectivity index (χ1) is 8.70. The van der Waals surface area contributed by atoms with Gasteiger partial charge in [0.05, 0.1) is 0 Å². The minimum atomic E-state index is 0.119. The molecule has 1 amide bonds. The minimum absolute atomic E-state index is 0.119. The van der Waals surface area contributed by atoms with Crippen LogP contribution in [0.3, 0.4) is 0 Å². The van der Waals surface area contributed by atoms with Gasteiger partial charge in [0.15, 0.2) is 0 Å². The number of likely N-dealkylation sites (tertiary alicyclic amines) is 1. The molecule has 0 radical (unpaired) electrons. The van der Waals surface area contributed by atoms with Gasteiger partial charge in [-0.15, -0.1) is 0 Å². The van der Waals surface area contributed by atoms with Crippen molar-refractivity contribution in [1.29, 1.82) is 0 Å². The van der Waals surface area contributed by atoms with Gasteiger partial charge in [-0.2, -0.15) is 0 Å². The van der Waals surface area contributed by atoms with Crippen molar-refractivity contribution in [3.8, 4) is 0 Å². The third kappa shape index (κ3) is 3.10. The molecule has 0 spiro atoms. The Morgan fingerprint density at radius 2 is 2.11 bits per heavy atom. The van der Waals surface area contributed by atoms with E-state index in [9.17, 15) is 4.79 Å². The van der Waals surface area contributed by atoms with E-state index in [0.717, 1.165) is 12.8 Å². The normalized spacial score (nSPS) is 21.3. The Bertz CT molecular complexity index is 391. The first-order valence-corrected chi connectivity index (χ1v) is 6.65. The van der Waals surface area contributed by atoms with Crippen LogP contribution in [0, 0.1) is 5.92 Å². The second-order valence-corrected chi connectivity index (χ2v) is 5.17. The van der Waals surface area contributed by atoms with E-state index < -0.39 is 0 Å². The predicted octanol–water partition coefficient (Wildman–Crippen LogP) is 1.85. The summed E-state index contributed by atoms with van der Waals surface area (Å²) in [5.74, 6) is 0.325. The molecule has 2 rings (SSSR count). The highest BCUT2D eigenvalue weighted by atomic mass is 16.3. The van der Waals surface area contributed by atoms with Crippen molar-refractivity contribution in [2.75, 3.05) is 13.2 Å². The number of aliphatic hydroxyl groups is 1. The molecule has 1 aliphatic rings. The lowest BCUT2D eigenvalue weighted by Crippen LogP contribution is -2.35. The van der Waals surface area contributed by atoms with Crippen LogP contribution in [-0.2, 0) is 11.2 Å². The van der Waals surface area contributed by atoms with Crippen molar-refractivity contribution in [2.45, 2.75) is 32.2 Å². The van der Waals surface area contributed by atoms with Crippen molar-refractivity contribution in [1.82, 2.24) is 4.90 Å². The van der Waals surface area contributed by atoms with Crippen molar-refractivity contribution in [3.63, 3.8) is 0 Å². The Morgan fingerprint density at radius 1 is 1.39 bits per heavy atom. The second-order valence-electron chi connectivity index (χ2n) is 5.17. The summed E-state index contributed by atoms with van der Waals surface area (Å²) < 4.78 is 0. The van der Waals surface area contributed by atoms with E-state index in [1.54, 1.807) is 0 Å². The van der Waals surface area contributed by atoms with Crippen LogP contribution in [0.25, 0.3) is 0 Å². The van der Waals surface area contributed by atoms with Crippen LogP contribution in [0.5, 0.6) is 0 Å².